The Balaban J connectivity index is 1.32. The van der Waals surface area contributed by atoms with E-state index in [4.69, 9.17) is 16.8 Å². The van der Waals surface area contributed by atoms with Crippen molar-refractivity contribution in [3.63, 3.8) is 0 Å². The largest absolute Gasteiger partial charge is 0.762 e. The van der Waals surface area contributed by atoms with Crippen molar-refractivity contribution in [3.05, 3.63) is 5.21 Å². The normalized spacial score (nSPS) is 37.0. The minimum absolute atomic E-state index is 0.149. The van der Waals surface area contributed by atoms with Crippen LogP contribution in [0.5, 0.6) is 0 Å². The number of halogens is 1. The molecule has 0 aromatic carbocycles. The standard InChI is InChI=1S/C19H34ClN2O2/c20-18-3-1-2-17(13-18)14-21-10-8-16(9-11-21)12-15-4-6-19(7-5-15)22(23)24/h15-19,23H,1-14H2/q-1. The smallest absolute Gasteiger partial charge is 0.0339 e. The number of hydrogen-bond donors (Lipinski definition) is 1. The molecule has 2 saturated carbocycles. The summed E-state index contributed by atoms with van der Waals surface area (Å²) in [4.78, 5) is 2.67. The molecule has 3 aliphatic rings. The lowest BCUT2D eigenvalue weighted by Gasteiger charge is -2.39. The molecule has 1 N–H and O–H groups in total. The third-order valence-corrected chi connectivity index (χ3v) is 7.13. The Morgan fingerprint density at radius 1 is 0.917 bits per heavy atom. The number of rotatable bonds is 5. The first-order chi connectivity index (χ1) is 11.6. The van der Waals surface area contributed by atoms with Gasteiger partial charge in [-0.1, -0.05) is 6.42 Å². The molecule has 5 heteroatoms. The second-order valence-electron chi connectivity index (χ2n) is 8.59. The Morgan fingerprint density at radius 2 is 1.58 bits per heavy atom. The molecule has 0 amide bonds. The highest BCUT2D eigenvalue weighted by Gasteiger charge is 2.28. The van der Waals surface area contributed by atoms with Crippen LogP contribution in [0, 0.1) is 23.0 Å². The molecule has 1 heterocycles. The van der Waals surface area contributed by atoms with E-state index in [-0.39, 0.29) is 11.3 Å². The molecule has 3 rings (SSSR count). The summed E-state index contributed by atoms with van der Waals surface area (Å²) in [6.45, 7) is 3.78. The Labute approximate surface area is 152 Å². The zero-order valence-corrected chi connectivity index (χ0v) is 15.7. The quantitative estimate of drug-likeness (QED) is 0.575. The molecule has 0 radical (unpaired) electrons. The van der Waals surface area contributed by atoms with Crippen molar-refractivity contribution >= 4 is 11.6 Å². The van der Waals surface area contributed by atoms with Crippen molar-refractivity contribution in [2.75, 3.05) is 19.6 Å². The van der Waals surface area contributed by atoms with E-state index in [1.54, 1.807) is 0 Å². The van der Waals surface area contributed by atoms with Crippen LogP contribution in [0.2, 0.25) is 0 Å². The highest BCUT2D eigenvalue weighted by Crippen LogP contribution is 2.35. The molecule has 2 aliphatic carbocycles. The van der Waals surface area contributed by atoms with Gasteiger partial charge in [-0.2, -0.15) is 0 Å². The van der Waals surface area contributed by atoms with Crippen LogP contribution in [0.4, 0.5) is 0 Å². The monoisotopic (exact) mass is 357 g/mol. The maximum Gasteiger partial charge on any atom is 0.0339 e. The Bertz CT molecular complexity index is 366. The van der Waals surface area contributed by atoms with Gasteiger partial charge in [-0.05, 0) is 95.1 Å². The maximum atomic E-state index is 11.0. The van der Waals surface area contributed by atoms with E-state index in [9.17, 15) is 5.21 Å². The molecule has 0 bridgehead atoms. The molecule has 4 nitrogen and oxygen atoms in total. The molecule has 2 atom stereocenters. The van der Waals surface area contributed by atoms with Gasteiger partial charge in [0.1, 0.15) is 0 Å². The number of hydrogen-bond acceptors (Lipinski definition) is 4. The van der Waals surface area contributed by atoms with Gasteiger partial charge in [-0.25, -0.2) is 0 Å². The number of likely N-dealkylation sites (tertiary alicyclic amines) is 1. The lowest BCUT2D eigenvalue weighted by molar-refractivity contribution is -0.0923. The first kappa shape index (κ1) is 18.9. The van der Waals surface area contributed by atoms with Gasteiger partial charge >= 0.3 is 0 Å². The van der Waals surface area contributed by atoms with E-state index < -0.39 is 0 Å². The summed E-state index contributed by atoms with van der Waals surface area (Å²) < 4.78 is 0. The molecule has 0 aromatic rings. The SMILES string of the molecule is [O-]N(O)C1CCC(CC2CCN(CC3CCCC(Cl)C3)CC2)CC1. The Kier molecular flexibility index (Phi) is 7.23. The average molecular weight is 358 g/mol. The fourth-order valence-corrected chi connectivity index (χ4v) is 5.64. The van der Waals surface area contributed by atoms with Gasteiger partial charge in [-0.15, -0.1) is 11.6 Å². The van der Waals surface area contributed by atoms with Crippen LogP contribution in [0.25, 0.3) is 0 Å². The van der Waals surface area contributed by atoms with Gasteiger partial charge in [0.2, 0.25) is 0 Å². The van der Waals surface area contributed by atoms with E-state index >= 15 is 0 Å². The minimum atomic E-state index is -0.149. The second kappa shape index (κ2) is 9.18. The maximum absolute atomic E-state index is 11.0. The lowest BCUT2D eigenvalue weighted by Crippen LogP contribution is -2.39. The third kappa shape index (κ3) is 5.57. The van der Waals surface area contributed by atoms with Crippen molar-refractivity contribution in [1.29, 1.82) is 0 Å². The Morgan fingerprint density at radius 3 is 2.21 bits per heavy atom. The van der Waals surface area contributed by atoms with E-state index in [0.717, 1.165) is 43.4 Å². The molecule has 3 fully saturated rings. The van der Waals surface area contributed by atoms with Crippen LogP contribution in [-0.4, -0.2) is 46.4 Å². The highest BCUT2D eigenvalue weighted by atomic mass is 35.5. The number of hydroxylamine groups is 2. The topological polar surface area (TPSA) is 49.8 Å². The van der Waals surface area contributed by atoms with E-state index in [2.05, 4.69) is 4.90 Å². The first-order valence-electron chi connectivity index (χ1n) is 10.1. The highest BCUT2D eigenvalue weighted by molar-refractivity contribution is 6.20. The molecule has 140 valence electrons. The van der Waals surface area contributed by atoms with Crippen LogP contribution < -0.4 is 0 Å². The van der Waals surface area contributed by atoms with Crippen LogP contribution in [0.1, 0.15) is 70.6 Å². The number of alkyl halides is 1. The summed E-state index contributed by atoms with van der Waals surface area (Å²) in [6, 6.07) is -0.149. The van der Waals surface area contributed by atoms with Crippen molar-refractivity contribution in [2.45, 2.75) is 82.0 Å². The molecule has 0 spiro atoms. The summed E-state index contributed by atoms with van der Waals surface area (Å²) in [5.41, 5.74) is 0. The van der Waals surface area contributed by atoms with Crippen LogP contribution in [0.15, 0.2) is 0 Å². The fraction of sp³-hybridized carbons (Fsp3) is 1.00. The molecule has 24 heavy (non-hydrogen) atoms. The molecular weight excluding hydrogens is 324 g/mol. The van der Waals surface area contributed by atoms with Crippen LogP contribution in [-0.2, 0) is 0 Å². The summed E-state index contributed by atoms with van der Waals surface area (Å²) in [6.07, 6.45) is 13.1. The molecule has 2 unspecified atom stereocenters. The van der Waals surface area contributed by atoms with Gasteiger partial charge in [-0.3, -0.25) is 5.23 Å². The summed E-state index contributed by atoms with van der Waals surface area (Å²) in [5, 5.41) is 20.6. The average Bonchev–Trinajstić information content (AvgIpc) is 2.57. The van der Waals surface area contributed by atoms with E-state index in [1.165, 1.54) is 64.6 Å². The summed E-state index contributed by atoms with van der Waals surface area (Å²) in [7, 11) is 0. The van der Waals surface area contributed by atoms with Gasteiger partial charge in [0.15, 0.2) is 0 Å². The van der Waals surface area contributed by atoms with Crippen molar-refractivity contribution in [2.24, 2.45) is 17.8 Å². The minimum Gasteiger partial charge on any atom is -0.762 e. The van der Waals surface area contributed by atoms with Gasteiger partial charge in [0.05, 0.1) is 0 Å². The van der Waals surface area contributed by atoms with Gasteiger partial charge in [0, 0.05) is 18.0 Å². The number of nitrogens with zero attached hydrogens (tertiary/aromatic N) is 2. The molecule has 1 saturated heterocycles. The van der Waals surface area contributed by atoms with Gasteiger partial charge < -0.3 is 15.3 Å². The Hall–Kier alpha value is 0.130. The molecular formula is C19H34ClN2O2-. The van der Waals surface area contributed by atoms with Crippen molar-refractivity contribution in [3.8, 4) is 0 Å². The third-order valence-electron chi connectivity index (χ3n) is 6.74. The first-order valence-corrected chi connectivity index (χ1v) is 10.6. The fourth-order valence-electron chi connectivity index (χ4n) is 5.23. The lowest BCUT2D eigenvalue weighted by atomic mass is 9.78. The van der Waals surface area contributed by atoms with Crippen molar-refractivity contribution < 1.29 is 5.21 Å². The van der Waals surface area contributed by atoms with Crippen molar-refractivity contribution in [1.82, 2.24) is 10.1 Å². The predicted octanol–water partition coefficient (Wildman–Crippen LogP) is 4.63. The van der Waals surface area contributed by atoms with E-state index in [0.29, 0.717) is 5.38 Å². The van der Waals surface area contributed by atoms with E-state index in [1.807, 2.05) is 0 Å². The van der Waals surface area contributed by atoms with Crippen LogP contribution in [0.3, 0.4) is 0 Å². The number of piperidine rings is 1. The molecule has 0 aromatic heterocycles. The zero-order chi connectivity index (χ0) is 16.9. The molecule has 1 aliphatic heterocycles. The predicted molar refractivity (Wildman–Crippen MR) is 98.1 cm³/mol. The summed E-state index contributed by atoms with van der Waals surface area (Å²) in [5.74, 6) is 2.46. The zero-order valence-electron chi connectivity index (χ0n) is 14.9. The second-order valence-corrected chi connectivity index (χ2v) is 9.20. The summed E-state index contributed by atoms with van der Waals surface area (Å²) >= 11 is 6.33. The van der Waals surface area contributed by atoms with Crippen LogP contribution >= 0.6 is 11.6 Å². The van der Waals surface area contributed by atoms with Gasteiger partial charge in [0.25, 0.3) is 0 Å².